The molecule has 1 saturated heterocycles. The van der Waals surface area contributed by atoms with Gasteiger partial charge in [0, 0.05) is 26.1 Å². The number of carbonyl (C=O) groups excluding carboxylic acids is 2. The van der Waals surface area contributed by atoms with E-state index >= 15 is 0 Å². The first-order valence-electron chi connectivity index (χ1n) is 6.14. The minimum atomic E-state index is -1.19. The van der Waals surface area contributed by atoms with Gasteiger partial charge in [0.15, 0.2) is 0 Å². The normalized spacial score (nSPS) is 20.7. The summed E-state index contributed by atoms with van der Waals surface area (Å²) < 4.78 is 0. The summed E-state index contributed by atoms with van der Waals surface area (Å²) >= 11 is 0. The fourth-order valence-electron chi connectivity index (χ4n) is 2.07. The van der Waals surface area contributed by atoms with Crippen molar-refractivity contribution in [3.63, 3.8) is 0 Å². The van der Waals surface area contributed by atoms with Crippen molar-refractivity contribution in [1.29, 1.82) is 0 Å². The van der Waals surface area contributed by atoms with Crippen LogP contribution in [0.4, 0.5) is 4.79 Å². The fraction of sp³-hybridized carbons (Fsp3) is 0.727. The van der Waals surface area contributed by atoms with Gasteiger partial charge in [0.25, 0.3) is 0 Å². The number of aliphatic hydroxyl groups excluding tert-OH is 1. The SMILES string of the molecule is NC(=O)N1CCCC(C(=O)NC(CCO)C(=O)O)C1. The highest BCUT2D eigenvalue weighted by Gasteiger charge is 2.30. The number of aliphatic hydroxyl groups is 1. The van der Waals surface area contributed by atoms with Crippen molar-refractivity contribution in [2.45, 2.75) is 25.3 Å². The molecule has 8 nitrogen and oxygen atoms in total. The maximum absolute atomic E-state index is 11.9. The van der Waals surface area contributed by atoms with Gasteiger partial charge in [0.2, 0.25) is 5.91 Å². The maximum Gasteiger partial charge on any atom is 0.326 e. The van der Waals surface area contributed by atoms with E-state index in [1.165, 1.54) is 4.90 Å². The van der Waals surface area contributed by atoms with Crippen LogP contribution >= 0.6 is 0 Å². The number of piperidine rings is 1. The zero-order chi connectivity index (χ0) is 14.4. The van der Waals surface area contributed by atoms with E-state index in [1.54, 1.807) is 0 Å². The number of nitrogens with two attached hydrogens (primary N) is 1. The lowest BCUT2D eigenvalue weighted by molar-refractivity contribution is -0.143. The van der Waals surface area contributed by atoms with Gasteiger partial charge in [-0.05, 0) is 12.8 Å². The number of carboxylic acid groups (broad SMARTS) is 1. The van der Waals surface area contributed by atoms with Gasteiger partial charge in [-0.25, -0.2) is 9.59 Å². The van der Waals surface area contributed by atoms with Crippen molar-refractivity contribution < 1.29 is 24.6 Å². The lowest BCUT2D eigenvalue weighted by Gasteiger charge is -2.31. The molecule has 0 aromatic heterocycles. The van der Waals surface area contributed by atoms with E-state index in [0.717, 1.165) is 0 Å². The second-order valence-corrected chi connectivity index (χ2v) is 4.54. The summed E-state index contributed by atoms with van der Waals surface area (Å²) in [6, 6.07) is -1.69. The lowest BCUT2D eigenvalue weighted by atomic mass is 9.97. The van der Waals surface area contributed by atoms with Crippen molar-refractivity contribution in [1.82, 2.24) is 10.2 Å². The van der Waals surface area contributed by atoms with Crippen LogP contribution < -0.4 is 11.1 Å². The predicted octanol–water partition coefficient (Wildman–Crippen LogP) is -1.27. The third-order valence-corrected chi connectivity index (χ3v) is 3.14. The van der Waals surface area contributed by atoms with Gasteiger partial charge in [-0.15, -0.1) is 0 Å². The number of hydrogen-bond acceptors (Lipinski definition) is 4. The molecule has 1 heterocycles. The van der Waals surface area contributed by atoms with Crippen LogP contribution in [-0.2, 0) is 9.59 Å². The Kier molecular flexibility index (Phi) is 5.56. The number of hydrogen-bond donors (Lipinski definition) is 4. The Bertz CT molecular complexity index is 360. The Morgan fingerprint density at radius 1 is 1.42 bits per heavy atom. The van der Waals surface area contributed by atoms with Crippen molar-refractivity contribution in [3.8, 4) is 0 Å². The number of primary amides is 1. The Balaban J connectivity index is 2.56. The van der Waals surface area contributed by atoms with Crippen LogP contribution in [0.3, 0.4) is 0 Å². The molecule has 5 N–H and O–H groups in total. The quantitative estimate of drug-likeness (QED) is 0.495. The molecule has 8 heteroatoms. The number of urea groups is 1. The highest BCUT2D eigenvalue weighted by Crippen LogP contribution is 2.16. The van der Waals surface area contributed by atoms with Crippen LogP contribution in [0.1, 0.15) is 19.3 Å². The summed E-state index contributed by atoms with van der Waals surface area (Å²) in [5.74, 6) is -2.07. The summed E-state index contributed by atoms with van der Waals surface area (Å²) in [7, 11) is 0. The molecule has 0 aliphatic carbocycles. The van der Waals surface area contributed by atoms with Crippen molar-refractivity contribution >= 4 is 17.9 Å². The fourth-order valence-corrected chi connectivity index (χ4v) is 2.07. The molecule has 0 radical (unpaired) electrons. The monoisotopic (exact) mass is 273 g/mol. The molecule has 1 rings (SSSR count). The van der Waals surface area contributed by atoms with E-state index in [9.17, 15) is 14.4 Å². The minimum Gasteiger partial charge on any atom is -0.480 e. The number of aliphatic carboxylic acids is 1. The molecule has 108 valence electrons. The average molecular weight is 273 g/mol. The average Bonchev–Trinajstić information content (AvgIpc) is 2.38. The number of rotatable bonds is 5. The standard InChI is InChI=1S/C11H19N3O5/c12-11(19)14-4-1-2-7(6-14)9(16)13-8(3-5-15)10(17)18/h7-8,15H,1-6H2,(H2,12,19)(H,13,16)(H,17,18). The highest BCUT2D eigenvalue weighted by atomic mass is 16.4. The van der Waals surface area contributed by atoms with Gasteiger partial charge in [-0.2, -0.15) is 0 Å². The molecular weight excluding hydrogens is 254 g/mol. The van der Waals surface area contributed by atoms with Gasteiger partial charge >= 0.3 is 12.0 Å². The van der Waals surface area contributed by atoms with Gasteiger partial charge < -0.3 is 26.2 Å². The number of likely N-dealkylation sites (tertiary alicyclic amines) is 1. The summed E-state index contributed by atoms with van der Waals surface area (Å²) in [4.78, 5) is 35.2. The van der Waals surface area contributed by atoms with E-state index in [-0.39, 0.29) is 19.6 Å². The number of carbonyl (C=O) groups is 3. The second-order valence-electron chi connectivity index (χ2n) is 4.54. The number of nitrogens with one attached hydrogen (secondary N) is 1. The number of nitrogens with zero attached hydrogens (tertiary/aromatic N) is 1. The molecule has 1 aliphatic heterocycles. The highest BCUT2D eigenvalue weighted by molar-refractivity contribution is 5.85. The van der Waals surface area contributed by atoms with Gasteiger partial charge in [-0.3, -0.25) is 4.79 Å². The van der Waals surface area contributed by atoms with Crippen LogP contribution in [0.25, 0.3) is 0 Å². The Labute approximate surface area is 110 Å². The van der Waals surface area contributed by atoms with Gasteiger partial charge in [0.1, 0.15) is 6.04 Å². The van der Waals surface area contributed by atoms with E-state index in [4.69, 9.17) is 15.9 Å². The van der Waals surface area contributed by atoms with E-state index < -0.39 is 29.9 Å². The Hall–Kier alpha value is -1.83. The molecular formula is C11H19N3O5. The summed E-state index contributed by atoms with van der Waals surface area (Å²) in [5, 5.41) is 20.0. The molecule has 0 bridgehead atoms. The molecule has 2 unspecified atom stereocenters. The summed E-state index contributed by atoms with van der Waals surface area (Å²) in [5.41, 5.74) is 5.15. The minimum absolute atomic E-state index is 0.0483. The first kappa shape index (κ1) is 15.2. The van der Waals surface area contributed by atoms with E-state index in [0.29, 0.717) is 19.4 Å². The molecule has 3 amide bonds. The third kappa shape index (κ3) is 4.40. The Morgan fingerprint density at radius 3 is 2.63 bits per heavy atom. The maximum atomic E-state index is 11.9. The molecule has 0 aromatic rings. The van der Waals surface area contributed by atoms with Crippen molar-refractivity contribution in [2.24, 2.45) is 11.7 Å². The van der Waals surface area contributed by atoms with E-state index in [1.807, 2.05) is 0 Å². The van der Waals surface area contributed by atoms with Gasteiger partial charge in [-0.1, -0.05) is 0 Å². The van der Waals surface area contributed by atoms with E-state index in [2.05, 4.69) is 5.32 Å². The second kappa shape index (κ2) is 6.93. The van der Waals surface area contributed by atoms with Crippen LogP contribution in [0, 0.1) is 5.92 Å². The van der Waals surface area contributed by atoms with Gasteiger partial charge in [0.05, 0.1) is 5.92 Å². The predicted molar refractivity (Wildman–Crippen MR) is 65.1 cm³/mol. The molecule has 0 saturated carbocycles. The lowest BCUT2D eigenvalue weighted by Crippen LogP contribution is -2.50. The molecule has 2 atom stereocenters. The third-order valence-electron chi connectivity index (χ3n) is 3.14. The van der Waals surface area contributed by atoms with Crippen LogP contribution in [0.15, 0.2) is 0 Å². The first-order valence-corrected chi connectivity index (χ1v) is 6.14. The molecule has 19 heavy (non-hydrogen) atoms. The summed E-state index contributed by atoms with van der Waals surface area (Å²) in [6.45, 7) is 0.389. The zero-order valence-corrected chi connectivity index (χ0v) is 10.5. The van der Waals surface area contributed by atoms with Crippen LogP contribution in [0.2, 0.25) is 0 Å². The number of carboxylic acids is 1. The summed E-state index contributed by atoms with van der Waals surface area (Å²) in [6.07, 6.45) is 1.19. The van der Waals surface area contributed by atoms with Crippen LogP contribution in [-0.4, -0.2) is 58.8 Å². The topological polar surface area (TPSA) is 133 Å². The zero-order valence-electron chi connectivity index (χ0n) is 10.5. The molecule has 1 fully saturated rings. The molecule has 0 spiro atoms. The Morgan fingerprint density at radius 2 is 2.11 bits per heavy atom. The smallest absolute Gasteiger partial charge is 0.326 e. The van der Waals surface area contributed by atoms with Crippen molar-refractivity contribution in [3.05, 3.63) is 0 Å². The number of amides is 3. The molecule has 0 aromatic carbocycles. The van der Waals surface area contributed by atoms with Crippen molar-refractivity contribution in [2.75, 3.05) is 19.7 Å². The largest absolute Gasteiger partial charge is 0.480 e. The molecule has 1 aliphatic rings. The first-order chi connectivity index (χ1) is 8.95. The van der Waals surface area contributed by atoms with Crippen LogP contribution in [0.5, 0.6) is 0 Å².